The maximum Gasteiger partial charge on any atom is 0.213 e. The highest BCUT2D eigenvalue weighted by atomic mass is 32.2. The van der Waals surface area contributed by atoms with Crippen LogP contribution in [-0.4, -0.2) is 54.5 Å². The minimum atomic E-state index is -3.58. The van der Waals surface area contributed by atoms with Crippen molar-refractivity contribution < 1.29 is 23.0 Å². The van der Waals surface area contributed by atoms with Crippen molar-refractivity contribution in [1.82, 2.24) is 14.4 Å². The molecule has 4 rings (SSSR count). The maximum atomic E-state index is 12.3. The first-order valence-corrected chi connectivity index (χ1v) is 11.4. The van der Waals surface area contributed by atoms with Gasteiger partial charge in [-0.25, -0.2) is 18.4 Å². The Morgan fingerprint density at radius 2 is 1.88 bits per heavy atom. The fourth-order valence-electron chi connectivity index (χ4n) is 3.29. The first-order chi connectivity index (χ1) is 15.4. The average molecular weight is 455 g/mol. The second-order valence-electron chi connectivity index (χ2n) is 6.89. The summed E-state index contributed by atoms with van der Waals surface area (Å²) in [6.45, 7) is -0.440. The molecule has 0 amide bonds. The number of aliphatic hydroxyl groups excluding tert-OH is 1. The molecule has 9 nitrogen and oxygen atoms in total. The van der Waals surface area contributed by atoms with Crippen molar-refractivity contribution in [2.24, 2.45) is 0 Å². The van der Waals surface area contributed by atoms with E-state index in [0.29, 0.717) is 34.5 Å². The van der Waals surface area contributed by atoms with Gasteiger partial charge in [0.15, 0.2) is 21.3 Å². The van der Waals surface area contributed by atoms with Gasteiger partial charge in [0.25, 0.3) is 0 Å². The van der Waals surface area contributed by atoms with Crippen LogP contribution in [0.4, 0.5) is 11.6 Å². The lowest BCUT2D eigenvalue weighted by molar-refractivity contribution is 0.319. The van der Waals surface area contributed by atoms with E-state index in [4.69, 9.17) is 19.6 Å². The van der Waals surface area contributed by atoms with E-state index in [9.17, 15) is 8.42 Å². The number of fused-ring (bicyclic) bond motifs is 1. The molecule has 166 valence electrons. The molecule has 0 radical (unpaired) electrons. The van der Waals surface area contributed by atoms with E-state index < -0.39 is 16.4 Å². The van der Waals surface area contributed by atoms with Crippen LogP contribution in [0.1, 0.15) is 0 Å². The van der Waals surface area contributed by atoms with Gasteiger partial charge in [-0.15, -0.1) is 0 Å². The zero-order valence-electron chi connectivity index (χ0n) is 17.5. The third-order valence-corrected chi connectivity index (χ3v) is 6.57. The molecule has 2 N–H and O–H groups in total. The SMILES string of the molecule is COc1ccc(-c2cc3nccn3c(Nc3cccc(S(=O)(=O)CCO)c3)n2)cc1OC. The van der Waals surface area contributed by atoms with Gasteiger partial charge in [-0.1, -0.05) is 6.07 Å². The van der Waals surface area contributed by atoms with Crippen LogP contribution in [0, 0.1) is 0 Å². The Bertz CT molecular complexity index is 1370. The van der Waals surface area contributed by atoms with Gasteiger partial charge in [-0.05, 0) is 36.4 Å². The first-order valence-electron chi connectivity index (χ1n) is 9.72. The van der Waals surface area contributed by atoms with Gasteiger partial charge >= 0.3 is 0 Å². The Kier molecular flexibility index (Phi) is 5.97. The van der Waals surface area contributed by atoms with Crippen LogP contribution in [0.25, 0.3) is 16.9 Å². The molecule has 0 saturated heterocycles. The number of ether oxygens (including phenoxy) is 2. The Morgan fingerprint density at radius 1 is 1.06 bits per heavy atom. The normalized spacial score (nSPS) is 11.5. The number of anilines is 2. The minimum Gasteiger partial charge on any atom is -0.493 e. The summed E-state index contributed by atoms with van der Waals surface area (Å²) in [5, 5.41) is 12.2. The highest BCUT2D eigenvalue weighted by molar-refractivity contribution is 7.91. The summed E-state index contributed by atoms with van der Waals surface area (Å²) in [6, 6.07) is 13.7. The smallest absolute Gasteiger partial charge is 0.213 e. The number of sulfone groups is 1. The molecule has 0 spiro atoms. The highest BCUT2D eigenvalue weighted by Gasteiger charge is 2.15. The number of hydrogen-bond acceptors (Lipinski definition) is 8. The van der Waals surface area contributed by atoms with Crippen molar-refractivity contribution in [3.63, 3.8) is 0 Å². The molecule has 0 atom stereocenters. The van der Waals surface area contributed by atoms with Crippen molar-refractivity contribution >= 4 is 27.1 Å². The van der Waals surface area contributed by atoms with Crippen LogP contribution in [0.5, 0.6) is 11.5 Å². The van der Waals surface area contributed by atoms with Gasteiger partial charge in [-0.2, -0.15) is 0 Å². The maximum absolute atomic E-state index is 12.3. The van der Waals surface area contributed by atoms with Crippen LogP contribution >= 0.6 is 0 Å². The summed E-state index contributed by atoms with van der Waals surface area (Å²) in [6.07, 6.45) is 3.41. The largest absolute Gasteiger partial charge is 0.493 e. The standard InChI is InChI=1S/C22H22N4O5S/c1-30-19-7-6-15(12-20(19)31-2)18-14-21-23-8-9-26(21)22(25-18)24-16-4-3-5-17(13-16)32(28,29)11-10-27/h3-9,12-14,27H,10-11H2,1-2H3,(H,24,25). The number of imidazole rings is 1. The van der Waals surface area contributed by atoms with Gasteiger partial charge in [0.2, 0.25) is 5.95 Å². The van der Waals surface area contributed by atoms with Gasteiger partial charge < -0.3 is 19.9 Å². The molecular formula is C22H22N4O5S. The Morgan fingerprint density at radius 3 is 2.62 bits per heavy atom. The monoisotopic (exact) mass is 454 g/mol. The predicted molar refractivity (Wildman–Crippen MR) is 120 cm³/mol. The second-order valence-corrected chi connectivity index (χ2v) is 8.99. The Balaban J connectivity index is 1.76. The van der Waals surface area contributed by atoms with Crippen molar-refractivity contribution in [1.29, 1.82) is 0 Å². The first kappa shape index (κ1) is 21.6. The summed E-state index contributed by atoms with van der Waals surface area (Å²) in [5.74, 6) is 1.31. The van der Waals surface area contributed by atoms with E-state index >= 15 is 0 Å². The highest BCUT2D eigenvalue weighted by Crippen LogP contribution is 2.32. The molecular weight excluding hydrogens is 432 g/mol. The van der Waals surface area contributed by atoms with E-state index in [1.807, 2.05) is 18.2 Å². The van der Waals surface area contributed by atoms with Gasteiger partial charge in [-0.3, -0.25) is 4.40 Å². The molecule has 0 aliphatic rings. The number of methoxy groups -OCH3 is 2. The van der Waals surface area contributed by atoms with Crippen LogP contribution in [-0.2, 0) is 9.84 Å². The van der Waals surface area contributed by atoms with Crippen LogP contribution in [0.2, 0.25) is 0 Å². The molecule has 0 bridgehead atoms. The molecule has 32 heavy (non-hydrogen) atoms. The fourth-order valence-corrected chi connectivity index (χ4v) is 4.36. The number of aromatic nitrogens is 3. The molecule has 2 aromatic carbocycles. The third-order valence-electron chi connectivity index (χ3n) is 4.88. The Hall–Kier alpha value is -3.63. The predicted octanol–water partition coefficient (Wildman–Crippen LogP) is 2.92. The number of rotatable bonds is 8. The lowest BCUT2D eigenvalue weighted by Gasteiger charge is -2.13. The topological polar surface area (TPSA) is 115 Å². The van der Waals surface area contributed by atoms with Crippen LogP contribution < -0.4 is 14.8 Å². The summed E-state index contributed by atoms with van der Waals surface area (Å²) < 4.78 is 37.1. The molecule has 0 saturated carbocycles. The van der Waals surface area contributed by atoms with Crippen molar-refractivity contribution in [2.45, 2.75) is 4.90 Å². The second kappa shape index (κ2) is 8.85. The molecule has 4 aromatic rings. The quantitative estimate of drug-likeness (QED) is 0.418. The van der Waals surface area contributed by atoms with E-state index in [-0.39, 0.29) is 10.6 Å². The van der Waals surface area contributed by atoms with Crippen molar-refractivity contribution in [2.75, 3.05) is 31.9 Å². The van der Waals surface area contributed by atoms with E-state index in [1.165, 1.54) is 12.1 Å². The lowest BCUT2D eigenvalue weighted by Crippen LogP contribution is -2.10. The number of benzene rings is 2. The van der Waals surface area contributed by atoms with Gasteiger partial charge in [0.05, 0.1) is 37.2 Å². The molecule has 0 aliphatic heterocycles. The lowest BCUT2D eigenvalue weighted by atomic mass is 10.1. The Labute approximate surface area is 185 Å². The fraction of sp³-hybridized carbons (Fsp3) is 0.182. The van der Waals surface area contributed by atoms with E-state index in [0.717, 1.165) is 5.56 Å². The van der Waals surface area contributed by atoms with Crippen LogP contribution in [0.3, 0.4) is 0 Å². The molecule has 10 heteroatoms. The van der Waals surface area contributed by atoms with Gasteiger partial charge in [0.1, 0.15) is 5.65 Å². The number of nitrogens with one attached hydrogen (secondary N) is 1. The number of hydrogen-bond donors (Lipinski definition) is 2. The summed E-state index contributed by atoms with van der Waals surface area (Å²) >= 11 is 0. The summed E-state index contributed by atoms with van der Waals surface area (Å²) in [5.41, 5.74) is 2.65. The molecule has 2 heterocycles. The third kappa shape index (κ3) is 4.23. The number of nitrogens with zero attached hydrogens (tertiary/aromatic N) is 3. The van der Waals surface area contributed by atoms with Crippen molar-refractivity contribution in [3.8, 4) is 22.8 Å². The molecule has 0 aliphatic carbocycles. The van der Waals surface area contributed by atoms with E-state index in [1.54, 1.807) is 49.2 Å². The zero-order valence-corrected chi connectivity index (χ0v) is 18.3. The molecule has 2 aromatic heterocycles. The van der Waals surface area contributed by atoms with E-state index in [2.05, 4.69) is 10.3 Å². The summed E-state index contributed by atoms with van der Waals surface area (Å²) in [4.78, 5) is 9.21. The van der Waals surface area contributed by atoms with Crippen molar-refractivity contribution in [3.05, 3.63) is 60.9 Å². The number of aliphatic hydroxyl groups is 1. The zero-order chi connectivity index (χ0) is 22.7. The molecule has 0 fully saturated rings. The summed E-state index contributed by atoms with van der Waals surface area (Å²) in [7, 11) is -0.438. The van der Waals surface area contributed by atoms with Gasteiger partial charge in [0, 0.05) is 29.7 Å². The molecule has 0 unspecified atom stereocenters. The average Bonchev–Trinajstić information content (AvgIpc) is 3.28. The van der Waals surface area contributed by atoms with Crippen LogP contribution in [0.15, 0.2) is 65.8 Å². The minimum absolute atomic E-state index is 0.120.